The first-order chi connectivity index (χ1) is 18.3. The molecule has 0 saturated carbocycles. The molecule has 2 saturated heterocycles. The molecule has 0 aromatic carbocycles. The Bertz CT molecular complexity index is 1370. The van der Waals surface area contributed by atoms with E-state index in [1.54, 1.807) is 23.1 Å². The molecule has 1 atom stereocenters. The van der Waals surface area contributed by atoms with Crippen molar-refractivity contribution in [2.24, 2.45) is 18.9 Å². The molecule has 38 heavy (non-hydrogen) atoms. The second-order valence-electron chi connectivity index (χ2n) is 10.3. The summed E-state index contributed by atoms with van der Waals surface area (Å²) in [6, 6.07) is 3.54. The van der Waals surface area contributed by atoms with Gasteiger partial charge in [0.15, 0.2) is 5.65 Å². The summed E-state index contributed by atoms with van der Waals surface area (Å²) in [5.74, 6) is 2.05. The first-order valence-corrected chi connectivity index (χ1v) is 15.0. The minimum atomic E-state index is -3.52. The molecule has 2 aliphatic rings. The van der Waals surface area contributed by atoms with Gasteiger partial charge in [-0.25, -0.2) is 18.4 Å². The normalized spacial score (nSPS) is 19.5. The summed E-state index contributed by atoms with van der Waals surface area (Å²) >= 11 is 0. The fourth-order valence-electron chi connectivity index (χ4n) is 5.34. The van der Waals surface area contributed by atoms with Gasteiger partial charge in [0.1, 0.15) is 11.4 Å². The van der Waals surface area contributed by atoms with Crippen LogP contribution in [0.25, 0.3) is 22.3 Å². The number of likely N-dealkylation sites (tertiary alicyclic amines) is 1. The van der Waals surface area contributed by atoms with Crippen molar-refractivity contribution in [3.63, 3.8) is 0 Å². The summed E-state index contributed by atoms with van der Waals surface area (Å²) < 4.78 is 45.1. The second-order valence-corrected chi connectivity index (χ2v) is 12.0. The van der Waals surface area contributed by atoms with Crippen LogP contribution in [0.15, 0.2) is 24.5 Å². The minimum absolute atomic E-state index is 0.180. The number of anilines is 1. The van der Waals surface area contributed by atoms with Crippen molar-refractivity contribution in [3.8, 4) is 22.9 Å². The number of methoxy groups -OCH3 is 1. The van der Waals surface area contributed by atoms with Crippen LogP contribution >= 0.6 is 0 Å². The van der Waals surface area contributed by atoms with Crippen LogP contribution in [0.5, 0.6) is 11.6 Å². The molecule has 206 valence electrons. The maximum Gasteiger partial charge on any atom is 0.238 e. The van der Waals surface area contributed by atoms with Crippen molar-refractivity contribution in [1.82, 2.24) is 24.6 Å². The SMILES string of the molecule is COc1ncc(-c2cc(OC[C@@H]3CCCN(CC4CCOCC4)C3)c3cnn(C)c3n2)cc1NS(C)(=O)=O. The molecule has 0 spiro atoms. The average Bonchev–Trinajstić information content (AvgIpc) is 3.28. The summed E-state index contributed by atoms with van der Waals surface area (Å²) in [6.45, 7) is 5.70. The van der Waals surface area contributed by atoms with E-state index in [9.17, 15) is 8.42 Å². The lowest BCUT2D eigenvalue weighted by molar-refractivity contribution is 0.0418. The number of nitrogens with one attached hydrogen (secondary N) is 1. The van der Waals surface area contributed by atoms with Crippen molar-refractivity contribution in [2.45, 2.75) is 25.7 Å². The van der Waals surface area contributed by atoms with Crippen molar-refractivity contribution < 1.29 is 22.6 Å². The molecule has 0 bridgehead atoms. The van der Waals surface area contributed by atoms with E-state index in [0.717, 1.165) is 69.7 Å². The summed E-state index contributed by atoms with van der Waals surface area (Å²) in [4.78, 5) is 11.6. The smallest absolute Gasteiger partial charge is 0.238 e. The number of aromatic nitrogens is 4. The molecular weight excluding hydrogens is 508 g/mol. The van der Waals surface area contributed by atoms with Crippen LogP contribution in [-0.2, 0) is 21.8 Å². The standard InChI is InChI=1S/C26H36N6O5S/c1-31-25-21(14-28-31)24(37-17-19-5-4-8-32(16-19)15-18-6-9-36-10-7-18)12-22(29-25)20-11-23(30-38(3,33)34)26(35-2)27-13-20/h11-14,18-19,30H,4-10,15-17H2,1-3H3/t19-/m1/s1. The third-order valence-electron chi connectivity index (χ3n) is 7.24. The van der Waals surface area contributed by atoms with Gasteiger partial charge in [0.05, 0.1) is 37.2 Å². The Kier molecular flexibility index (Phi) is 8.01. The van der Waals surface area contributed by atoms with Gasteiger partial charge in [0, 0.05) is 57.1 Å². The zero-order valence-corrected chi connectivity index (χ0v) is 23.0. The lowest BCUT2D eigenvalue weighted by atomic mass is 9.95. The highest BCUT2D eigenvalue weighted by Crippen LogP contribution is 2.33. The van der Waals surface area contributed by atoms with Gasteiger partial charge in [0.2, 0.25) is 15.9 Å². The number of fused-ring (bicyclic) bond motifs is 1. The highest BCUT2D eigenvalue weighted by atomic mass is 32.2. The Morgan fingerprint density at radius 2 is 1.97 bits per heavy atom. The Hall–Kier alpha value is -2.96. The van der Waals surface area contributed by atoms with Crippen LogP contribution in [-0.4, -0.2) is 85.9 Å². The molecular formula is C26H36N6O5S. The number of aryl methyl sites for hydroxylation is 1. The van der Waals surface area contributed by atoms with Gasteiger partial charge in [-0.3, -0.25) is 9.40 Å². The van der Waals surface area contributed by atoms with E-state index in [1.165, 1.54) is 13.5 Å². The van der Waals surface area contributed by atoms with Gasteiger partial charge in [-0.1, -0.05) is 0 Å². The molecule has 5 heterocycles. The van der Waals surface area contributed by atoms with Gasteiger partial charge >= 0.3 is 0 Å². The highest BCUT2D eigenvalue weighted by Gasteiger charge is 2.25. The predicted molar refractivity (Wildman–Crippen MR) is 145 cm³/mol. The fourth-order valence-corrected chi connectivity index (χ4v) is 5.88. The van der Waals surface area contributed by atoms with Gasteiger partial charge < -0.3 is 19.1 Å². The van der Waals surface area contributed by atoms with E-state index < -0.39 is 10.0 Å². The Morgan fingerprint density at radius 1 is 1.16 bits per heavy atom. The first kappa shape index (κ1) is 26.6. The summed E-state index contributed by atoms with van der Waals surface area (Å²) in [7, 11) is -0.248. The van der Waals surface area contributed by atoms with E-state index in [2.05, 4.69) is 19.7 Å². The van der Waals surface area contributed by atoms with E-state index in [4.69, 9.17) is 19.2 Å². The Balaban J connectivity index is 1.35. The number of ether oxygens (including phenoxy) is 3. The summed E-state index contributed by atoms with van der Waals surface area (Å²) in [5, 5.41) is 5.22. The van der Waals surface area contributed by atoms with Crippen molar-refractivity contribution >= 4 is 26.7 Å². The second kappa shape index (κ2) is 11.4. The van der Waals surface area contributed by atoms with Crippen LogP contribution in [0.2, 0.25) is 0 Å². The quantitative estimate of drug-likeness (QED) is 0.433. The molecule has 0 aliphatic carbocycles. The molecule has 12 heteroatoms. The number of rotatable bonds is 9. The lowest BCUT2D eigenvalue weighted by Crippen LogP contribution is -2.41. The molecule has 0 radical (unpaired) electrons. The molecule has 0 unspecified atom stereocenters. The topological polar surface area (TPSA) is 121 Å². The van der Waals surface area contributed by atoms with Gasteiger partial charge in [-0.05, 0) is 44.2 Å². The lowest BCUT2D eigenvalue weighted by Gasteiger charge is -2.35. The molecule has 2 aliphatic heterocycles. The number of sulfonamides is 1. The van der Waals surface area contributed by atoms with Gasteiger partial charge in [-0.2, -0.15) is 5.10 Å². The van der Waals surface area contributed by atoms with Gasteiger partial charge in [0.25, 0.3) is 0 Å². The van der Waals surface area contributed by atoms with Crippen LogP contribution in [0.1, 0.15) is 25.7 Å². The number of hydrogen-bond donors (Lipinski definition) is 1. The maximum atomic E-state index is 11.9. The molecule has 3 aromatic rings. The predicted octanol–water partition coefficient (Wildman–Crippen LogP) is 2.93. The zero-order chi connectivity index (χ0) is 26.7. The summed E-state index contributed by atoms with van der Waals surface area (Å²) in [6.07, 6.45) is 9.08. The fraction of sp³-hybridized carbons (Fsp3) is 0.577. The molecule has 3 aromatic heterocycles. The van der Waals surface area contributed by atoms with Gasteiger partial charge in [-0.15, -0.1) is 0 Å². The van der Waals surface area contributed by atoms with E-state index >= 15 is 0 Å². The molecule has 0 amide bonds. The number of nitrogens with zero attached hydrogens (tertiary/aromatic N) is 5. The van der Waals surface area contributed by atoms with E-state index in [0.29, 0.717) is 35.2 Å². The number of pyridine rings is 2. The van der Waals surface area contributed by atoms with Crippen LogP contribution in [0.3, 0.4) is 0 Å². The van der Waals surface area contributed by atoms with Crippen LogP contribution < -0.4 is 14.2 Å². The zero-order valence-electron chi connectivity index (χ0n) is 22.2. The maximum absolute atomic E-state index is 11.9. The third kappa shape index (κ3) is 6.36. The van der Waals surface area contributed by atoms with E-state index in [1.807, 2.05) is 13.1 Å². The first-order valence-electron chi connectivity index (χ1n) is 13.1. The monoisotopic (exact) mass is 544 g/mol. The Labute approximate surface area is 223 Å². The van der Waals surface area contributed by atoms with Crippen molar-refractivity contribution in [3.05, 3.63) is 24.5 Å². The highest BCUT2D eigenvalue weighted by molar-refractivity contribution is 7.92. The number of hydrogen-bond acceptors (Lipinski definition) is 9. The summed E-state index contributed by atoms with van der Waals surface area (Å²) in [5.41, 5.74) is 2.15. The van der Waals surface area contributed by atoms with E-state index in [-0.39, 0.29) is 11.6 Å². The minimum Gasteiger partial charge on any atom is -0.492 e. The van der Waals surface area contributed by atoms with Crippen molar-refractivity contribution in [2.75, 3.05) is 57.5 Å². The van der Waals surface area contributed by atoms with Crippen LogP contribution in [0.4, 0.5) is 5.69 Å². The molecule has 5 rings (SSSR count). The van der Waals surface area contributed by atoms with Crippen molar-refractivity contribution in [1.29, 1.82) is 0 Å². The molecule has 11 nitrogen and oxygen atoms in total. The number of piperidine rings is 1. The largest absolute Gasteiger partial charge is 0.492 e. The molecule has 2 fully saturated rings. The average molecular weight is 545 g/mol. The van der Waals surface area contributed by atoms with Crippen LogP contribution in [0, 0.1) is 11.8 Å². The molecule has 1 N–H and O–H groups in total. The third-order valence-corrected chi connectivity index (χ3v) is 7.83. The Morgan fingerprint density at radius 3 is 2.74 bits per heavy atom.